The van der Waals surface area contributed by atoms with Crippen molar-refractivity contribution in [3.8, 4) is 11.5 Å². The highest BCUT2D eigenvalue weighted by molar-refractivity contribution is 6.05. The lowest BCUT2D eigenvalue weighted by Crippen LogP contribution is -1.97. The molecule has 4 heteroatoms. The summed E-state index contributed by atoms with van der Waals surface area (Å²) in [5.41, 5.74) is 3.37. The molecular weight excluding hydrogens is 304 g/mol. The summed E-state index contributed by atoms with van der Waals surface area (Å²) in [6.45, 7) is 2.02. The molecule has 0 radical (unpaired) electrons. The topological polar surface area (TPSA) is 44.8 Å². The quantitative estimate of drug-likeness (QED) is 0.630. The Labute approximate surface area is 141 Å². The van der Waals surface area contributed by atoms with Crippen molar-refractivity contribution in [3.63, 3.8) is 0 Å². The molecule has 1 heterocycles. The normalized spacial score (nSPS) is 15.2. The van der Waals surface area contributed by atoms with Crippen molar-refractivity contribution in [3.05, 3.63) is 70.8 Å². The standard InChI is InChI=1S/C20H18O4/c1-13-4-7-15(8-5-13)18-12-16(20(21)24-18)10-14-6-9-17(22-2)19(11-14)23-3/h4-12H,1-3H3/b16-10-. The number of hydrogen-bond acceptors (Lipinski definition) is 4. The van der Waals surface area contributed by atoms with E-state index in [0.29, 0.717) is 22.8 Å². The molecule has 0 amide bonds. The van der Waals surface area contributed by atoms with Crippen molar-refractivity contribution in [2.24, 2.45) is 0 Å². The molecule has 2 aromatic rings. The molecule has 0 atom stereocenters. The van der Waals surface area contributed by atoms with Crippen LogP contribution in [0.1, 0.15) is 16.7 Å². The van der Waals surface area contributed by atoms with Crippen molar-refractivity contribution >= 4 is 17.8 Å². The van der Waals surface area contributed by atoms with Crippen molar-refractivity contribution in [1.29, 1.82) is 0 Å². The van der Waals surface area contributed by atoms with Gasteiger partial charge >= 0.3 is 5.97 Å². The molecule has 24 heavy (non-hydrogen) atoms. The molecule has 4 nitrogen and oxygen atoms in total. The summed E-state index contributed by atoms with van der Waals surface area (Å²) >= 11 is 0. The van der Waals surface area contributed by atoms with Gasteiger partial charge in [0.15, 0.2) is 11.5 Å². The number of cyclic esters (lactones) is 1. The molecule has 0 saturated carbocycles. The van der Waals surface area contributed by atoms with Crippen LogP contribution in [-0.4, -0.2) is 20.2 Å². The van der Waals surface area contributed by atoms with Gasteiger partial charge < -0.3 is 14.2 Å². The van der Waals surface area contributed by atoms with Crippen LogP contribution < -0.4 is 9.47 Å². The number of methoxy groups -OCH3 is 2. The summed E-state index contributed by atoms with van der Waals surface area (Å²) < 4.78 is 15.9. The van der Waals surface area contributed by atoms with E-state index in [2.05, 4.69) is 0 Å². The first kappa shape index (κ1) is 15.9. The second-order valence-corrected chi connectivity index (χ2v) is 5.48. The monoisotopic (exact) mass is 322 g/mol. The van der Waals surface area contributed by atoms with Gasteiger partial charge in [0.2, 0.25) is 0 Å². The third-order valence-corrected chi connectivity index (χ3v) is 3.79. The van der Waals surface area contributed by atoms with Crippen LogP contribution in [0.4, 0.5) is 0 Å². The Morgan fingerprint density at radius 1 is 0.958 bits per heavy atom. The molecule has 0 aromatic heterocycles. The SMILES string of the molecule is COc1ccc(/C=C2/C=C(c3ccc(C)cc3)OC2=O)cc1OC. The maximum absolute atomic E-state index is 12.1. The van der Waals surface area contributed by atoms with E-state index in [-0.39, 0.29) is 5.97 Å². The highest BCUT2D eigenvalue weighted by Gasteiger charge is 2.22. The Morgan fingerprint density at radius 3 is 2.33 bits per heavy atom. The lowest BCUT2D eigenvalue weighted by molar-refractivity contribution is -0.130. The van der Waals surface area contributed by atoms with Crippen LogP contribution in [0.5, 0.6) is 11.5 Å². The highest BCUT2D eigenvalue weighted by atomic mass is 16.5. The number of hydrogen-bond donors (Lipinski definition) is 0. The van der Waals surface area contributed by atoms with E-state index in [9.17, 15) is 4.79 Å². The second-order valence-electron chi connectivity index (χ2n) is 5.48. The summed E-state index contributed by atoms with van der Waals surface area (Å²) in [6.07, 6.45) is 3.52. The Bertz CT molecular complexity index is 829. The lowest BCUT2D eigenvalue weighted by atomic mass is 10.1. The molecular formula is C20H18O4. The van der Waals surface area contributed by atoms with E-state index >= 15 is 0 Å². The van der Waals surface area contributed by atoms with E-state index in [1.165, 1.54) is 0 Å². The molecule has 122 valence electrons. The molecule has 0 spiro atoms. The molecule has 3 rings (SSSR count). The predicted octanol–water partition coefficient (Wildman–Crippen LogP) is 3.99. The molecule has 2 aromatic carbocycles. The van der Waals surface area contributed by atoms with Gasteiger partial charge in [-0.2, -0.15) is 0 Å². The van der Waals surface area contributed by atoms with E-state index in [0.717, 1.165) is 16.7 Å². The van der Waals surface area contributed by atoms with Gasteiger partial charge in [0, 0.05) is 5.56 Å². The smallest absolute Gasteiger partial charge is 0.343 e. The van der Waals surface area contributed by atoms with Crippen LogP contribution in [0.2, 0.25) is 0 Å². The van der Waals surface area contributed by atoms with Crippen LogP contribution in [0.15, 0.2) is 54.1 Å². The fraction of sp³-hybridized carbons (Fsp3) is 0.150. The zero-order valence-corrected chi connectivity index (χ0v) is 13.8. The van der Waals surface area contributed by atoms with Gasteiger partial charge in [-0.1, -0.05) is 35.9 Å². The van der Waals surface area contributed by atoms with Gasteiger partial charge in [-0.05, 0) is 36.8 Å². The van der Waals surface area contributed by atoms with E-state index in [4.69, 9.17) is 14.2 Å². The first-order valence-electron chi connectivity index (χ1n) is 7.55. The van der Waals surface area contributed by atoms with Crippen LogP contribution in [0.25, 0.3) is 11.8 Å². The van der Waals surface area contributed by atoms with Gasteiger partial charge in [-0.25, -0.2) is 4.79 Å². The molecule has 1 aliphatic rings. The largest absolute Gasteiger partial charge is 0.493 e. The Kier molecular flexibility index (Phi) is 4.38. The summed E-state index contributed by atoms with van der Waals surface area (Å²) in [4.78, 5) is 12.1. The fourth-order valence-electron chi connectivity index (χ4n) is 2.47. The molecule has 0 unspecified atom stereocenters. The molecule has 0 fully saturated rings. The summed E-state index contributed by atoms with van der Waals surface area (Å²) in [5, 5.41) is 0. The minimum atomic E-state index is -0.361. The maximum Gasteiger partial charge on any atom is 0.343 e. The number of aryl methyl sites for hydroxylation is 1. The molecule has 0 aliphatic carbocycles. The zero-order valence-electron chi connectivity index (χ0n) is 13.8. The number of rotatable bonds is 4. The molecule has 1 aliphatic heterocycles. The summed E-state index contributed by atoms with van der Waals surface area (Å²) in [5.74, 6) is 1.46. The predicted molar refractivity (Wildman–Crippen MR) is 92.8 cm³/mol. The molecule has 0 bridgehead atoms. The van der Waals surface area contributed by atoms with Gasteiger partial charge in [-0.15, -0.1) is 0 Å². The number of carbonyl (C=O) groups is 1. The van der Waals surface area contributed by atoms with E-state index < -0.39 is 0 Å². The van der Waals surface area contributed by atoms with Crippen molar-refractivity contribution in [2.45, 2.75) is 6.92 Å². The van der Waals surface area contributed by atoms with Crippen LogP contribution in [0, 0.1) is 6.92 Å². The van der Waals surface area contributed by atoms with Crippen molar-refractivity contribution < 1.29 is 19.0 Å². The Hall–Kier alpha value is -3.01. The van der Waals surface area contributed by atoms with Gasteiger partial charge in [0.1, 0.15) is 5.76 Å². The Balaban J connectivity index is 1.92. The number of benzene rings is 2. The average molecular weight is 322 g/mol. The van der Waals surface area contributed by atoms with Crippen molar-refractivity contribution in [1.82, 2.24) is 0 Å². The fourth-order valence-corrected chi connectivity index (χ4v) is 2.47. The molecule has 0 saturated heterocycles. The van der Waals surface area contributed by atoms with Gasteiger partial charge in [-0.3, -0.25) is 0 Å². The zero-order chi connectivity index (χ0) is 17.1. The van der Waals surface area contributed by atoms with E-state index in [1.807, 2.05) is 43.3 Å². The summed E-state index contributed by atoms with van der Waals surface area (Å²) in [7, 11) is 3.16. The van der Waals surface area contributed by atoms with Crippen LogP contribution in [-0.2, 0) is 9.53 Å². The number of carbonyl (C=O) groups excluding carboxylic acids is 1. The Morgan fingerprint density at radius 2 is 1.67 bits per heavy atom. The molecule has 0 N–H and O–H groups in total. The van der Waals surface area contributed by atoms with Crippen LogP contribution >= 0.6 is 0 Å². The minimum Gasteiger partial charge on any atom is -0.493 e. The second kappa shape index (κ2) is 6.62. The van der Waals surface area contributed by atoms with E-state index in [1.54, 1.807) is 32.4 Å². The lowest BCUT2D eigenvalue weighted by Gasteiger charge is -2.07. The average Bonchev–Trinajstić information content (AvgIpc) is 2.96. The summed E-state index contributed by atoms with van der Waals surface area (Å²) in [6, 6.07) is 13.3. The third-order valence-electron chi connectivity index (χ3n) is 3.79. The first-order chi connectivity index (χ1) is 11.6. The minimum absolute atomic E-state index is 0.361. The third kappa shape index (κ3) is 3.18. The highest BCUT2D eigenvalue weighted by Crippen LogP contribution is 2.31. The first-order valence-corrected chi connectivity index (χ1v) is 7.55. The van der Waals surface area contributed by atoms with Gasteiger partial charge in [0.05, 0.1) is 19.8 Å². The maximum atomic E-state index is 12.1. The van der Waals surface area contributed by atoms with Crippen molar-refractivity contribution in [2.75, 3.05) is 14.2 Å². The van der Waals surface area contributed by atoms with Gasteiger partial charge in [0.25, 0.3) is 0 Å². The van der Waals surface area contributed by atoms with Crippen LogP contribution in [0.3, 0.4) is 0 Å². The number of esters is 1. The number of ether oxygens (including phenoxy) is 3.